The molecule has 0 bridgehead atoms. The van der Waals surface area contributed by atoms with Crippen LogP contribution in [-0.4, -0.2) is 19.1 Å². The minimum Gasteiger partial charge on any atom is -0.490 e. The maximum absolute atomic E-state index is 12.4. The number of aryl methyl sites for hydroxylation is 2. The van der Waals surface area contributed by atoms with Crippen LogP contribution in [0.3, 0.4) is 0 Å². The number of hydrogen-bond acceptors (Lipinski definition) is 4. The molecule has 2 N–H and O–H groups in total. The van der Waals surface area contributed by atoms with Gasteiger partial charge in [0.25, 0.3) is 5.91 Å². The molecule has 0 atom stereocenters. The monoisotopic (exact) mass is 516 g/mol. The Kier molecular flexibility index (Phi) is 8.42. The standard InChI is InChI=1S/C25H26BrClN2O3/c1-4-31-23-12-18(14-28-22-13-19(27)9-8-17(22)3)11-21(26)25(23)32-15-24(30)29-20-7-5-6-16(2)10-20/h5-13,28H,4,14-15H2,1-3H3,(H,29,30). The smallest absolute Gasteiger partial charge is 0.262 e. The molecule has 0 unspecified atom stereocenters. The van der Waals surface area contributed by atoms with Gasteiger partial charge in [0.2, 0.25) is 0 Å². The van der Waals surface area contributed by atoms with Crippen LogP contribution in [0.1, 0.15) is 23.6 Å². The quantitative estimate of drug-likeness (QED) is 0.330. The number of carbonyl (C=O) groups is 1. The van der Waals surface area contributed by atoms with Crippen molar-refractivity contribution in [2.75, 3.05) is 23.8 Å². The first-order valence-corrected chi connectivity index (χ1v) is 11.5. The van der Waals surface area contributed by atoms with Crippen molar-refractivity contribution >= 4 is 44.8 Å². The van der Waals surface area contributed by atoms with Crippen molar-refractivity contribution in [3.05, 3.63) is 80.8 Å². The number of amides is 1. The molecule has 0 heterocycles. The number of ether oxygens (including phenoxy) is 2. The van der Waals surface area contributed by atoms with Crippen molar-refractivity contribution in [3.63, 3.8) is 0 Å². The Labute approximate surface area is 202 Å². The van der Waals surface area contributed by atoms with Crippen LogP contribution in [0.5, 0.6) is 11.5 Å². The third-order valence-electron chi connectivity index (χ3n) is 4.70. The molecule has 168 valence electrons. The number of anilines is 2. The van der Waals surface area contributed by atoms with Gasteiger partial charge in [0.1, 0.15) is 0 Å². The van der Waals surface area contributed by atoms with E-state index in [1.807, 2.05) is 75.4 Å². The molecular formula is C25H26BrClN2O3. The fourth-order valence-electron chi connectivity index (χ4n) is 3.17. The van der Waals surface area contributed by atoms with E-state index in [0.717, 1.165) is 28.1 Å². The molecule has 7 heteroatoms. The van der Waals surface area contributed by atoms with E-state index in [-0.39, 0.29) is 12.5 Å². The fraction of sp³-hybridized carbons (Fsp3) is 0.240. The van der Waals surface area contributed by atoms with Gasteiger partial charge in [-0.2, -0.15) is 0 Å². The van der Waals surface area contributed by atoms with Gasteiger partial charge in [-0.05, 0) is 89.8 Å². The molecule has 0 aliphatic heterocycles. The molecule has 0 saturated heterocycles. The van der Waals surface area contributed by atoms with Crippen LogP contribution in [0.4, 0.5) is 11.4 Å². The second kappa shape index (κ2) is 11.2. The van der Waals surface area contributed by atoms with Crippen molar-refractivity contribution < 1.29 is 14.3 Å². The van der Waals surface area contributed by atoms with Crippen molar-refractivity contribution in [1.29, 1.82) is 0 Å². The highest BCUT2D eigenvalue weighted by atomic mass is 79.9. The third-order valence-corrected chi connectivity index (χ3v) is 5.53. The second-order valence-corrected chi connectivity index (χ2v) is 8.65. The molecule has 3 rings (SSSR count). The first-order chi connectivity index (χ1) is 15.4. The van der Waals surface area contributed by atoms with E-state index in [0.29, 0.717) is 34.1 Å². The van der Waals surface area contributed by atoms with E-state index >= 15 is 0 Å². The normalized spacial score (nSPS) is 10.5. The Morgan fingerprint density at radius 1 is 1.06 bits per heavy atom. The van der Waals surface area contributed by atoms with Crippen LogP contribution in [0.2, 0.25) is 5.02 Å². The SMILES string of the molecule is CCOc1cc(CNc2cc(Cl)ccc2C)cc(Br)c1OCC(=O)Nc1cccc(C)c1. The van der Waals surface area contributed by atoms with Crippen LogP contribution in [0.15, 0.2) is 59.1 Å². The molecule has 0 aromatic heterocycles. The lowest BCUT2D eigenvalue weighted by molar-refractivity contribution is -0.118. The zero-order valence-electron chi connectivity index (χ0n) is 18.3. The highest BCUT2D eigenvalue weighted by molar-refractivity contribution is 9.10. The van der Waals surface area contributed by atoms with Crippen molar-refractivity contribution in [3.8, 4) is 11.5 Å². The molecule has 0 spiro atoms. The number of carbonyl (C=O) groups excluding carboxylic acids is 1. The molecule has 0 fully saturated rings. The molecule has 3 aromatic rings. The topological polar surface area (TPSA) is 59.6 Å². The molecule has 32 heavy (non-hydrogen) atoms. The Bertz CT molecular complexity index is 1100. The van der Waals surface area contributed by atoms with Crippen LogP contribution in [0.25, 0.3) is 0 Å². The zero-order valence-corrected chi connectivity index (χ0v) is 20.6. The van der Waals surface area contributed by atoms with Crippen LogP contribution in [-0.2, 0) is 11.3 Å². The lowest BCUT2D eigenvalue weighted by Crippen LogP contribution is -2.20. The van der Waals surface area contributed by atoms with Gasteiger partial charge in [0.15, 0.2) is 18.1 Å². The summed E-state index contributed by atoms with van der Waals surface area (Å²) in [6.07, 6.45) is 0. The summed E-state index contributed by atoms with van der Waals surface area (Å²) in [5.74, 6) is 0.825. The summed E-state index contributed by atoms with van der Waals surface area (Å²) < 4.78 is 12.3. The average molecular weight is 518 g/mol. The van der Waals surface area contributed by atoms with Gasteiger partial charge in [0.05, 0.1) is 11.1 Å². The summed E-state index contributed by atoms with van der Waals surface area (Å²) in [4.78, 5) is 12.4. The summed E-state index contributed by atoms with van der Waals surface area (Å²) in [6.45, 7) is 6.82. The van der Waals surface area contributed by atoms with Crippen molar-refractivity contribution in [2.45, 2.75) is 27.3 Å². The first-order valence-electron chi connectivity index (χ1n) is 10.3. The lowest BCUT2D eigenvalue weighted by atomic mass is 10.1. The molecule has 5 nitrogen and oxygen atoms in total. The number of benzene rings is 3. The van der Waals surface area contributed by atoms with Crippen molar-refractivity contribution in [1.82, 2.24) is 0 Å². The molecular weight excluding hydrogens is 492 g/mol. The van der Waals surface area contributed by atoms with E-state index in [1.165, 1.54) is 0 Å². The number of hydrogen-bond donors (Lipinski definition) is 2. The van der Waals surface area contributed by atoms with E-state index in [9.17, 15) is 4.79 Å². The molecule has 3 aromatic carbocycles. The third kappa shape index (κ3) is 6.65. The van der Waals surface area contributed by atoms with Gasteiger partial charge >= 0.3 is 0 Å². The minimum atomic E-state index is -0.243. The van der Waals surface area contributed by atoms with Gasteiger partial charge in [-0.15, -0.1) is 0 Å². The van der Waals surface area contributed by atoms with E-state index in [2.05, 4.69) is 26.6 Å². The predicted molar refractivity (Wildman–Crippen MR) is 134 cm³/mol. The number of halogens is 2. The minimum absolute atomic E-state index is 0.133. The first kappa shape index (κ1) is 24.0. The Morgan fingerprint density at radius 2 is 1.88 bits per heavy atom. The summed E-state index contributed by atoms with van der Waals surface area (Å²) in [7, 11) is 0. The Hall–Kier alpha value is -2.70. The van der Waals surface area contributed by atoms with Gasteiger partial charge in [-0.25, -0.2) is 0 Å². The van der Waals surface area contributed by atoms with Crippen LogP contribution in [0, 0.1) is 13.8 Å². The maximum atomic E-state index is 12.4. The summed E-state index contributed by atoms with van der Waals surface area (Å²) in [5, 5.41) is 6.93. The molecule has 0 aliphatic carbocycles. The molecule has 0 radical (unpaired) electrons. The fourth-order valence-corrected chi connectivity index (χ4v) is 3.94. The largest absolute Gasteiger partial charge is 0.490 e. The summed E-state index contributed by atoms with van der Waals surface area (Å²) in [5.41, 5.74) is 4.89. The lowest BCUT2D eigenvalue weighted by Gasteiger charge is -2.16. The summed E-state index contributed by atoms with van der Waals surface area (Å²) >= 11 is 9.67. The van der Waals surface area contributed by atoms with Gasteiger partial charge in [0, 0.05) is 22.9 Å². The van der Waals surface area contributed by atoms with Gasteiger partial charge < -0.3 is 20.1 Å². The molecule has 0 saturated carbocycles. The highest BCUT2D eigenvalue weighted by Crippen LogP contribution is 2.37. The van der Waals surface area contributed by atoms with Gasteiger partial charge in [-0.1, -0.05) is 29.8 Å². The Balaban J connectivity index is 1.69. The maximum Gasteiger partial charge on any atom is 0.262 e. The zero-order chi connectivity index (χ0) is 23.1. The van der Waals surface area contributed by atoms with Crippen LogP contribution >= 0.6 is 27.5 Å². The highest BCUT2D eigenvalue weighted by Gasteiger charge is 2.15. The molecule has 1 amide bonds. The Morgan fingerprint density at radius 3 is 2.62 bits per heavy atom. The second-order valence-electron chi connectivity index (χ2n) is 7.36. The predicted octanol–water partition coefficient (Wildman–Crippen LogP) is 6.75. The average Bonchev–Trinajstić information content (AvgIpc) is 2.74. The van der Waals surface area contributed by atoms with Gasteiger partial charge in [-0.3, -0.25) is 4.79 Å². The van der Waals surface area contributed by atoms with Crippen LogP contribution < -0.4 is 20.1 Å². The van der Waals surface area contributed by atoms with E-state index in [4.69, 9.17) is 21.1 Å². The molecule has 0 aliphatic rings. The van der Waals surface area contributed by atoms with E-state index in [1.54, 1.807) is 0 Å². The van der Waals surface area contributed by atoms with E-state index < -0.39 is 0 Å². The van der Waals surface area contributed by atoms with Crippen molar-refractivity contribution in [2.24, 2.45) is 0 Å². The number of nitrogens with one attached hydrogen (secondary N) is 2. The number of rotatable bonds is 9. The summed E-state index contributed by atoms with van der Waals surface area (Å²) in [6, 6.07) is 17.2.